The first-order chi connectivity index (χ1) is 13.2. The molecule has 142 valence electrons. The van der Waals surface area contributed by atoms with E-state index < -0.39 is 0 Å². The van der Waals surface area contributed by atoms with Crippen LogP contribution >= 0.6 is 0 Å². The Morgan fingerprint density at radius 3 is 2.81 bits per heavy atom. The van der Waals surface area contributed by atoms with E-state index in [1.54, 1.807) is 0 Å². The van der Waals surface area contributed by atoms with Crippen molar-refractivity contribution in [3.05, 3.63) is 54.2 Å². The number of pyridine rings is 1. The lowest BCUT2D eigenvalue weighted by Crippen LogP contribution is -2.61. The van der Waals surface area contributed by atoms with Gasteiger partial charge >= 0.3 is 0 Å². The number of nitrogens with one attached hydrogen (secondary N) is 1. The molecule has 0 spiro atoms. The van der Waals surface area contributed by atoms with E-state index in [2.05, 4.69) is 64.3 Å². The van der Waals surface area contributed by atoms with Crippen molar-refractivity contribution in [1.82, 2.24) is 10.3 Å². The molecule has 0 aliphatic carbocycles. The third kappa shape index (κ3) is 3.51. The normalized spacial score (nSPS) is 22.6. The van der Waals surface area contributed by atoms with Crippen LogP contribution < -0.4 is 15.1 Å². The Bertz CT molecular complexity index is 794. The fourth-order valence-corrected chi connectivity index (χ4v) is 4.26. The number of nitrogens with zero attached hydrogens (tertiary/aromatic N) is 3. The molecule has 27 heavy (non-hydrogen) atoms. The average Bonchev–Trinajstić information content (AvgIpc) is 2.73. The summed E-state index contributed by atoms with van der Waals surface area (Å²) in [6, 6.07) is 14.9. The molecule has 2 aromatic rings. The maximum absolute atomic E-state index is 13.1. The van der Waals surface area contributed by atoms with Crippen molar-refractivity contribution in [3.8, 4) is 0 Å². The topological polar surface area (TPSA) is 48.5 Å². The Morgan fingerprint density at radius 1 is 1.22 bits per heavy atom. The summed E-state index contributed by atoms with van der Waals surface area (Å²) in [5.41, 5.74) is 2.57. The van der Waals surface area contributed by atoms with Crippen molar-refractivity contribution < 1.29 is 4.79 Å². The lowest BCUT2D eigenvalue weighted by Gasteiger charge is -2.49. The molecule has 1 aromatic carbocycles. The van der Waals surface area contributed by atoms with E-state index >= 15 is 0 Å². The summed E-state index contributed by atoms with van der Waals surface area (Å²) in [6.07, 6.45) is 3.59. The van der Waals surface area contributed by atoms with Gasteiger partial charge in [0.05, 0.1) is 12.0 Å². The second-order valence-corrected chi connectivity index (χ2v) is 7.65. The Morgan fingerprint density at radius 2 is 2.04 bits per heavy atom. The van der Waals surface area contributed by atoms with E-state index in [4.69, 9.17) is 0 Å². The summed E-state index contributed by atoms with van der Waals surface area (Å²) in [6.45, 7) is 6.83. The number of carbonyl (C=O) groups is 1. The standard InChI is InChI=1S/C22H28N4O/c1-3-16(2)24-22(27)18-14-17-8-4-5-9-19(17)26-13-12-25(15-20(18)26)21-10-6-7-11-23-21/h4-11,16,18,20H,3,12-15H2,1-2H3,(H,24,27)/t16-,18-,20+/m0/s1. The van der Waals surface area contributed by atoms with Gasteiger partial charge in [0.15, 0.2) is 0 Å². The molecule has 0 saturated carbocycles. The Balaban J connectivity index is 1.63. The number of para-hydroxylation sites is 1. The van der Waals surface area contributed by atoms with E-state index in [1.165, 1.54) is 11.3 Å². The van der Waals surface area contributed by atoms with E-state index in [-0.39, 0.29) is 23.9 Å². The predicted molar refractivity (Wildman–Crippen MR) is 109 cm³/mol. The van der Waals surface area contributed by atoms with Gasteiger partial charge in [-0.1, -0.05) is 31.2 Å². The van der Waals surface area contributed by atoms with Crippen LogP contribution in [-0.4, -0.2) is 42.6 Å². The van der Waals surface area contributed by atoms with Crippen LogP contribution in [0.1, 0.15) is 25.8 Å². The summed E-state index contributed by atoms with van der Waals surface area (Å²) >= 11 is 0. The van der Waals surface area contributed by atoms with Crippen LogP contribution in [0.2, 0.25) is 0 Å². The largest absolute Gasteiger partial charge is 0.364 e. The monoisotopic (exact) mass is 364 g/mol. The zero-order valence-electron chi connectivity index (χ0n) is 16.1. The number of benzene rings is 1. The summed E-state index contributed by atoms with van der Waals surface area (Å²) < 4.78 is 0. The maximum Gasteiger partial charge on any atom is 0.225 e. The number of amides is 1. The van der Waals surface area contributed by atoms with Gasteiger partial charge in [0.1, 0.15) is 5.82 Å². The van der Waals surface area contributed by atoms with Crippen molar-refractivity contribution >= 4 is 17.4 Å². The molecule has 2 aliphatic heterocycles. The van der Waals surface area contributed by atoms with Crippen LogP contribution in [0.15, 0.2) is 48.7 Å². The molecule has 1 aromatic heterocycles. The fourth-order valence-electron chi connectivity index (χ4n) is 4.26. The molecule has 0 unspecified atom stereocenters. The highest BCUT2D eigenvalue weighted by Crippen LogP contribution is 2.36. The molecule has 1 N–H and O–H groups in total. The summed E-state index contributed by atoms with van der Waals surface area (Å²) in [4.78, 5) is 22.4. The first-order valence-electron chi connectivity index (χ1n) is 9.98. The minimum Gasteiger partial charge on any atom is -0.364 e. The van der Waals surface area contributed by atoms with E-state index in [1.807, 2.05) is 18.3 Å². The molecule has 0 bridgehead atoms. The van der Waals surface area contributed by atoms with Gasteiger partial charge in [-0.05, 0) is 43.5 Å². The molecule has 1 saturated heterocycles. The van der Waals surface area contributed by atoms with Gasteiger partial charge in [-0.2, -0.15) is 0 Å². The fraction of sp³-hybridized carbons (Fsp3) is 0.455. The molecule has 1 fully saturated rings. The SMILES string of the molecule is CC[C@H](C)NC(=O)[C@H]1Cc2ccccc2N2CCN(c3ccccn3)C[C@H]12. The Hall–Kier alpha value is -2.56. The molecule has 5 nitrogen and oxygen atoms in total. The van der Waals surface area contributed by atoms with Crippen molar-refractivity contribution in [2.24, 2.45) is 5.92 Å². The van der Waals surface area contributed by atoms with Gasteiger partial charge in [0, 0.05) is 37.6 Å². The number of fused-ring (bicyclic) bond motifs is 3. The number of piperazine rings is 1. The van der Waals surface area contributed by atoms with Crippen LogP contribution in [0.5, 0.6) is 0 Å². The van der Waals surface area contributed by atoms with E-state index in [9.17, 15) is 4.79 Å². The van der Waals surface area contributed by atoms with Crippen molar-refractivity contribution in [3.63, 3.8) is 0 Å². The highest BCUT2D eigenvalue weighted by Gasteiger charge is 2.41. The molecule has 1 amide bonds. The first-order valence-corrected chi connectivity index (χ1v) is 9.98. The minimum atomic E-state index is -0.0413. The number of hydrogen-bond donors (Lipinski definition) is 1. The van der Waals surface area contributed by atoms with Crippen LogP contribution in [0.4, 0.5) is 11.5 Å². The second-order valence-electron chi connectivity index (χ2n) is 7.65. The maximum atomic E-state index is 13.1. The lowest BCUT2D eigenvalue weighted by atomic mass is 9.83. The van der Waals surface area contributed by atoms with Gasteiger partial charge in [0.25, 0.3) is 0 Å². The number of hydrogen-bond acceptors (Lipinski definition) is 4. The molecule has 2 aliphatic rings. The molecule has 4 rings (SSSR count). The zero-order valence-corrected chi connectivity index (χ0v) is 16.1. The smallest absolute Gasteiger partial charge is 0.225 e. The minimum absolute atomic E-state index is 0.0413. The average molecular weight is 364 g/mol. The quantitative estimate of drug-likeness (QED) is 0.906. The van der Waals surface area contributed by atoms with Gasteiger partial charge in [-0.25, -0.2) is 4.98 Å². The molecular formula is C22H28N4O. The Labute approximate surface area is 161 Å². The Kier molecular flexibility index (Phi) is 5.01. The van der Waals surface area contributed by atoms with Gasteiger partial charge in [-0.3, -0.25) is 4.79 Å². The van der Waals surface area contributed by atoms with Crippen LogP contribution in [-0.2, 0) is 11.2 Å². The van der Waals surface area contributed by atoms with Crippen LogP contribution in [0.3, 0.4) is 0 Å². The van der Waals surface area contributed by atoms with Gasteiger partial charge < -0.3 is 15.1 Å². The van der Waals surface area contributed by atoms with E-state index in [0.717, 1.165) is 38.3 Å². The van der Waals surface area contributed by atoms with Crippen molar-refractivity contribution in [2.75, 3.05) is 29.4 Å². The third-order valence-corrected chi connectivity index (χ3v) is 5.94. The molecule has 5 heteroatoms. The highest BCUT2D eigenvalue weighted by atomic mass is 16.2. The third-order valence-electron chi connectivity index (χ3n) is 5.94. The van der Waals surface area contributed by atoms with Gasteiger partial charge in [0.2, 0.25) is 5.91 Å². The molecular weight excluding hydrogens is 336 g/mol. The van der Waals surface area contributed by atoms with Crippen LogP contribution in [0.25, 0.3) is 0 Å². The molecule has 0 radical (unpaired) electrons. The summed E-state index contributed by atoms with van der Waals surface area (Å²) in [5, 5.41) is 3.22. The number of aromatic nitrogens is 1. The first kappa shape index (κ1) is 17.8. The van der Waals surface area contributed by atoms with Gasteiger partial charge in [-0.15, -0.1) is 0 Å². The zero-order chi connectivity index (χ0) is 18.8. The summed E-state index contributed by atoms with van der Waals surface area (Å²) in [5.74, 6) is 1.13. The number of rotatable bonds is 4. The lowest BCUT2D eigenvalue weighted by molar-refractivity contribution is -0.126. The highest BCUT2D eigenvalue weighted by molar-refractivity contribution is 5.82. The number of carbonyl (C=O) groups excluding carboxylic acids is 1. The molecule has 3 heterocycles. The van der Waals surface area contributed by atoms with Crippen molar-refractivity contribution in [1.29, 1.82) is 0 Å². The van der Waals surface area contributed by atoms with E-state index in [0.29, 0.717) is 0 Å². The second kappa shape index (κ2) is 7.59. The van der Waals surface area contributed by atoms with Crippen molar-refractivity contribution in [2.45, 2.75) is 38.8 Å². The predicted octanol–water partition coefficient (Wildman–Crippen LogP) is 2.86. The summed E-state index contributed by atoms with van der Waals surface area (Å²) in [7, 11) is 0. The molecule has 3 atom stereocenters. The van der Waals surface area contributed by atoms with Crippen LogP contribution in [0, 0.1) is 5.92 Å². The number of anilines is 2.